The minimum absolute atomic E-state index is 0. The highest BCUT2D eigenvalue weighted by Crippen LogP contribution is 2.15. The van der Waals surface area contributed by atoms with E-state index in [2.05, 4.69) is 9.97 Å². The summed E-state index contributed by atoms with van der Waals surface area (Å²) in [6, 6.07) is 11.9. The van der Waals surface area contributed by atoms with Crippen LogP contribution < -0.4 is 5.73 Å². The van der Waals surface area contributed by atoms with Gasteiger partial charge in [0.05, 0.1) is 11.4 Å². The molecule has 86 valence electrons. The Labute approximate surface area is 107 Å². The predicted molar refractivity (Wildman–Crippen MR) is 69.9 cm³/mol. The van der Waals surface area contributed by atoms with Crippen molar-refractivity contribution in [3.63, 3.8) is 0 Å². The van der Waals surface area contributed by atoms with E-state index in [9.17, 15) is 0 Å². The number of nitrogens with zero attached hydrogens (tertiary/aromatic N) is 2. The SMILES string of the molecule is Cl.Cl.NCc1cc(-c2ccccc2)ncn1. The van der Waals surface area contributed by atoms with Crippen molar-refractivity contribution in [3.8, 4) is 11.3 Å². The van der Waals surface area contributed by atoms with Gasteiger partial charge in [0.15, 0.2) is 0 Å². The Balaban J connectivity index is 0.00000112. The second-order valence-corrected chi connectivity index (χ2v) is 2.96. The standard InChI is InChI=1S/C11H11N3.2ClH/c12-7-10-6-11(14-8-13-10)9-4-2-1-3-5-9;;/h1-6,8H,7,12H2;2*1H. The summed E-state index contributed by atoms with van der Waals surface area (Å²) in [5.41, 5.74) is 8.37. The van der Waals surface area contributed by atoms with Crippen LogP contribution in [0.4, 0.5) is 0 Å². The zero-order chi connectivity index (χ0) is 9.80. The number of aromatic nitrogens is 2. The molecule has 1 aromatic carbocycles. The molecular formula is C11H13Cl2N3. The van der Waals surface area contributed by atoms with Crippen LogP contribution in [0.3, 0.4) is 0 Å². The predicted octanol–water partition coefficient (Wildman–Crippen LogP) is 2.45. The highest BCUT2D eigenvalue weighted by molar-refractivity contribution is 5.85. The van der Waals surface area contributed by atoms with Crippen LogP contribution in [0.15, 0.2) is 42.7 Å². The minimum atomic E-state index is 0. The van der Waals surface area contributed by atoms with E-state index >= 15 is 0 Å². The molecule has 0 fully saturated rings. The monoisotopic (exact) mass is 257 g/mol. The van der Waals surface area contributed by atoms with Gasteiger partial charge in [0.2, 0.25) is 0 Å². The molecule has 1 heterocycles. The van der Waals surface area contributed by atoms with Crippen LogP contribution in [0.5, 0.6) is 0 Å². The van der Waals surface area contributed by atoms with Crippen molar-refractivity contribution in [3.05, 3.63) is 48.4 Å². The summed E-state index contributed by atoms with van der Waals surface area (Å²) < 4.78 is 0. The van der Waals surface area contributed by atoms with E-state index in [0.717, 1.165) is 17.0 Å². The third-order valence-corrected chi connectivity index (χ3v) is 2.00. The van der Waals surface area contributed by atoms with Gasteiger partial charge in [-0.3, -0.25) is 0 Å². The fourth-order valence-corrected chi connectivity index (χ4v) is 1.28. The van der Waals surface area contributed by atoms with Gasteiger partial charge in [-0.15, -0.1) is 24.8 Å². The second-order valence-electron chi connectivity index (χ2n) is 2.96. The first kappa shape index (κ1) is 14.8. The summed E-state index contributed by atoms with van der Waals surface area (Å²) in [7, 11) is 0. The van der Waals surface area contributed by atoms with Gasteiger partial charge in [-0.05, 0) is 6.07 Å². The van der Waals surface area contributed by atoms with Gasteiger partial charge in [0, 0.05) is 12.1 Å². The van der Waals surface area contributed by atoms with Crippen molar-refractivity contribution in [1.82, 2.24) is 9.97 Å². The summed E-state index contributed by atoms with van der Waals surface area (Å²) in [5.74, 6) is 0. The van der Waals surface area contributed by atoms with Gasteiger partial charge in [0.1, 0.15) is 6.33 Å². The maximum Gasteiger partial charge on any atom is 0.116 e. The van der Waals surface area contributed by atoms with Gasteiger partial charge in [-0.25, -0.2) is 9.97 Å². The zero-order valence-electron chi connectivity index (χ0n) is 8.54. The Kier molecular flexibility index (Phi) is 6.65. The number of halogens is 2. The van der Waals surface area contributed by atoms with E-state index in [4.69, 9.17) is 5.73 Å². The van der Waals surface area contributed by atoms with E-state index in [1.807, 2.05) is 36.4 Å². The van der Waals surface area contributed by atoms with Gasteiger partial charge in [-0.1, -0.05) is 30.3 Å². The molecule has 0 bridgehead atoms. The quantitative estimate of drug-likeness (QED) is 0.900. The molecule has 16 heavy (non-hydrogen) atoms. The summed E-state index contributed by atoms with van der Waals surface area (Å²) in [6.45, 7) is 0.447. The van der Waals surface area contributed by atoms with Crippen molar-refractivity contribution in [2.24, 2.45) is 5.73 Å². The molecule has 0 spiro atoms. The van der Waals surface area contributed by atoms with Crippen LogP contribution in [-0.4, -0.2) is 9.97 Å². The summed E-state index contributed by atoms with van der Waals surface area (Å²) in [4.78, 5) is 8.24. The molecular weight excluding hydrogens is 245 g/mol. The molecule has 0 saturated carbocycles. The first-order chi connectivity index (χ1) is 6.90. The molecule has 2 aromatic rings. The maximum absolute atomic E-state index is 5.51. The molecule has 1 aromatic heterocycles. The Bertz CT molecular complexity index is 421. The molecule has 2 N–H and O–H groups in total. The van der Waals surface area contributed by atoms with Gasteiger partial charge >= 0.3 is 0 Å². The summed E-state index contributed by atoms with van der Waals surface area (Å²) in [5, 5.41) is 0. The molecule has 0 unspecified atom stereocenters. The van der Waals surface area contributed by atoms with Crippen molar-refractivity contribution in [2.45, 2.75) is 6.54 Å². The molecule has 0 saturated heterocycles. The summed E-state index contributed by atoms with van der Waals surface area (Å²) >= 11 is 0. The molecule has 0 amide bonds. The smallest absolute Gasteiger partial charge is 0.116 e. The lowest BCUT2D eigenvalue weighted by atomic mass is 10.1. The number of benzene rings is 1. The molecule has 3 nitrogen and oxygen atoms in total. The third kappa shape index (κ3) is 3.45. The first-order valence-corrected chi connectivity index (χ1v) is 4.46. The van der Waals surface area contributed by atoms with Crippen LogP contribution in [0.2, 0.25) is 0 Å². The van der Waals surface area contributed by atoms with Crippen molar-refractivity contribution in [1.29, 1.82) is 0 Å². The van der Waals surface area contributed by atoms with Gasteiger partial charge in [0.25, 0.3) is 0 Å². The number of rotatable bonds is 2. The molecule has 0 radical (unpaired) electrons. The van der Waals surface area contributed by atoms with Crippen LogP contribution in [0.25, 0.3) is 11.3 Å². The van der Waals surface area contributed by atoms with E-state index in [-0.39, 0.29) is 24.8 Å². The van der Waals surface area contributed by atoms with E-state index in [1.54, 1.807) is 6.33 Å². The maximum atomic E-state index is 5.51. The number of hydrogen-bond donors (Lipinski definition) is 1. The largest absolute Gasteiger partial charge is 0.325 e. The fraction of sp³-hybridized carbons (Fsp3) is 0.0909. The third-order valence-electron chi connectivity index (χ3n) is 2.00. The minimum Gasteiger partial charge on any atom is -0.325 e. The molecule has 5 heteroatoms. The normalized spacial score (nSPS) is 8.81. The van der Waals surface area contributed by atoms with Crippen molar-refractivity contribution in [2.75, 3.05) is 0 Å². The summed E-state index contributed by atoms with van der Waals surface area (Å²) in [6.07, 6.45) is 1.55. The van der Waals surface area contributed by atoms with Gasteiger partial charge < -0.3 is 5.73 Å². The van der Waals surface area contributed by atoms with Crippen LogP contribution in [0.1, 0.15) is 5.69 Å². The highest BCUT2D eigenvalue weighted by atomic mass is 35.5. The lowest BCUT2D eigenvalue weighted by molar-refractivity contribution is 0.966. The van der Waals surface area contributed by atoms with Crippen molar-refractivity contribution < 1.29 is 0 Å². The van der Waals surface area contributed by atoms with Gasteiger partial charge in [-0.2, -0.15) is 0 Å². The zero-order valence-corrected chi connectivity index (χ0v) is 10.2. The lowest BCUT2D eigenvalue weighted by Gasteiger charge is -2.01. The molecule has 0 atom stereocenters. The molecule has 0 aliphatic heterocycles. The molecule has 0 aliphatic carbocycles. The Morgan fingerprint density at radius 1 is 1.00 bits per heavy atom. The average molecular weight is 258 g/mol. The van der Waals surface area contributed by atoms with E-state index in [0.29, 0.717) is 6.54 Å². The van der Waals surface area contributed by atoms with Crippen LogP contribution in [-0.2, 0) is 6.54 Å². The Morgan fingerprint density at radius 3 is 2.31 bits per heavy atom. The van der Waals surface area contributed by atoms with E-state index in [1.165, 1.54) is 0 Å². The van der Waals surface area contributed by atoms with E-state index < -0.39 is 0 Å². The van der Waals surface area contributed by atoms with Crippen LogP contribution in [0, 0.1) is 0 Å². The van der Waals surface area contributed by atoms with Crippen molar-refractivity contribution >= 4 is 24.8 Å². The number of nitrogens with two attached hydrogens (primary N) is 1. The fourth-order valence-electron chi connectivity index (χ4n) is 1.28. The Hall–Kier alpha value is -1.16. The molecule has 0 aliphatic rings. The topological polar surface area (TPSA) is 51.8 Å². The Morgan fingerprint density at radius 2 is 1.69 bits per heavy atom. The van der Waals surface area contributed by atoms with Crippen LogP contribution >= 0.6 is 24.8 Å². The lowest BCUT2D eigenvalue weighted by Crippen LogP contribution is -2.00. The number of hydrogen-bond acceptors (Lipinski definition) is 3. The molecule has 2 rings (SSSR count). The average Bonchev–Trinajstić information content (AvgIpc) is 2.30. The highest BCUT2D eigenvalue weighted by Gasteiger charge is 1.99. The first-order valence-electron chi connectivity index (χ1n) is 4.46. The second kappa shape index (κ2) is 7.17.